The molecule has 0 unspecified atom stereocenters. The highest BCUT2D eigenvalue weighted by atomic mass is 32.2. The number of hydrogen-bond donors (Lipinski definition) is 0. The molecule has 2 atom stereocenters. The summed E-state index contributed by atoms with van der Waals surface area (Å²) < 4.78 is 27.0. The van der Waals surface area contributed by atoms with Gasteiger partial charge in [0.25, 0.3) is 0 Å². The van der Waals surface area contributed by atoms with E-state index in [2.05, 4.69) is 13.8 Å². The summed E-state index contributed by atoms with van der Waals surface area (Å²) in [5.41, 5.74) is 2.15. The van der Waals surface area contributed by atoms with Crippen LogP contribution < -0.4 is 0 Å². The molecule has 1 aliphatic heterocycles. The van der Waals surface area contributed by atoms with Crippen LogP contribution in [0.2, 0.25) is 0 Å². The zero-order chi connectivity index (χ0) is 14.2. The molecule has 4 heteroatoms. The first-order valence-corrected chi connectivity index (χ1v) is 8.32. The van der Waals surface area contributed by atoms with Crippen LogP contribution in [0.5, 0.6) is 0 Å². The Bertz CT molecular complexity index is 556. The lowest BCUT2D eigenvalue weighted by Gasteiger charge is -2.34. The van der Waals surface area contributed by atoms with E-state index in [1.807, 2.05) is 19.9 Å². The molecule has 2 rings (SSSR count). The predicted octanol–water partition coefficient (Wildman–Crippen LogP) is 2.97. The summed E-state index contributed by atoms with van der Waals surface area (Å²) in [7, 11) is -3.33. The average Bonchev–Trinajstić information content (AvgIpc) is 2.31. The van der Waals surface area contributed by atoms with Gasteiger partial charge in [-0.3, -0.25) is 0 Å². The van der Waals surface area contributed by atoms with Crippen LogP contribution in [-0.2, 0) is 10.0 Å². The maximum absolute atomic E-state index is 12.7. The molecule has 0 spiro atoms. The first-order valence-electron chi connectivity index (χ1n) is 6.88. The van der Waals surface area contributed by atoms with Crippen LogP contribution in [0.15, 0.2) is 23.1 Å². The largest absolute Gasteiger partial charge is 0.243 e. The Kier molecular flexibility index (Phi) is 4.02. The molecule has 0 N–H and O–H groups in total. The van der Waals surface area contributed by atoms with Crippen LogP contribution in [0, 0.1) is 25.7 Å². The Morgan fingerprint density at radius 2 is 1.63 bits per heavy atom. The number of sulfonamides is 1. The molecule has 1 fully saturated rings. The average molecular weight is 281 g/mol. The Hall–Kier alpha value is -0.870. The third-order valence-electron chi connectivity index (χ3n) is 3.95. The third-order valence-corrected chi connectivity index (χ3v) is 5.78. The molecule has 0 aliphatic carbocycles. The summed E-state index contributed by atoms with van der Waals surface area (Å²) in [5, 5.41) is 0. The van der Waals surface area contributed by atoms with Crippen molar-refractivity contribution in [3.8, 4) is 0 Å². The molecule has 1 saturated heterocycles. The molecular formula is C15H23NO2S. The molecule has 3 nitrogen and oxygen atoms in total. The smallest absolute Gasteiger partial charge is 0.207 e. The molecule has 1 aromatic rings. The number of hydrogen-bond acceptors (Lipinski definition) is 2. The van der Waals surface area contributed by atoms with Crippen molar-refractivity contribution in [2.24, 2.45) is 11.8 Å². The van der Waals surface area contributed by atoms with Crippen molar-refractivity contribution in [3.05, 3.63) is 29.3 Å². The van der Waals surface area contributed by atoms with E-state index in [9.17, 15) is 8.42 Å². The van der Waals surface area contributed by atoms with Crippen molar-refractivity contribution < 1.29 is 8.42 Å². The van der Waals surface area contributed by atoms with Crippen molar-refractivity contribution in [2.45, 2.75) is 39.0 Å². The number of benzene rings is 1. The maximum atomic E-state index is 12.7. The van der Waals surface area contributed by atoms with Crippen molar-refractivity contribution >= 4 is 10.0 Å². The monoisotopic (exact) mass is 281 g/mol. The van der Waals surface area contributed by atoms with Gasteiger partial charge in [0, 0.05) is 13.1 Å². The van der Waals surface area contributed by atoms with Crippen LogP contribution in [0.3, 0.4) is 0 Å². The highest BCUT2D eigenvalue weighted by Gasteiger charge is 2.31. The van der Waals surface area contributed by atoms with Crippen molar-refractivity contribution in [1.82, 2.24) is 4.31 Å². The second kappa shape index (κ2) is 5.25. The fraction of sp³-hybridized carbons (Fsp3) is 0.600. The van der Waals surface area contributed by atoms with Gasteiger partial charge in [-0.15, -0.1) is 0 Å². The lowest BCUT2D eigenvalue weighted by Crippen LogP contribution is -2.42. The van der Waals surface area contributed by atoms with Crippen LogP contribution in [0.25, 0.3) is 0 Å². The van der Waals surface area contributed by atoms with E-state index in [4.69, 9.17) is 0 Å². The number of nitrogens with zero attached hydrogens (tertiary/aromatic N) is 1. The standard InChI is InChI=1S/C15H23NO2S/c1-11-7-12(2)10-16(9-11)19(17,18)15-6-5-13(3)14(4)8-15/h5-6,8,11-12H,7,9-10H2,1-4H3/t11-,12-/m0/s1. The molecule has 19 heavy (non-hydrogen) atoms. The summed E-state index contributed by atoms with van der Waals surface area (Å²) in [6, 6.07) is 5.40. The van der Waals surface area contributed by atoms with Gasteiger partial charge in [-0.25, -0.2) is 8.42 Å². The number of piperidine rings is 1. The second-order valence-electron chi connectivity index (χ2n) is 6.01. The molecule has 0 bridgehead atoms. The van der Waals surface area contributed by atoms with Gasteiger partial charge in [0.05, 0.1) is 4.90 Å². The number of rotatable bonds is 2. The zero-order valence-electron chi connectivity index (χ0n) is 12.2. The maximum Gasteiger partial charge on any atom is 0.243 e. The first kappa shape index (κ1) is 14.5. The van der Waals surface area contributed by atoms with Gasteiger partial charge in [0.15, 0.2) is 0 Å². The van der Waals surface area contributed by atoms with Gasteiger partial charge in [-0.1, -0.05) is 19.9 Å². The lowest BCUT2D eigenvalue weighted by atomic mass is 9.94. The van der Waals surface area contributed by atoms with Crippen molar-refractivity contribution in [3.63, 3.8) is 0 Å². The molecule has 0 amide bonds. The summed E-state index contributed by atoms with van der Waals surface area (Å²) in [5.74, 6) is 0.871. The molecule has 1 aliphatic rings. The van der Waals surface area contributed by atoms with Gasteiger partial charge in [-0.2, -0.15) is 4.31 Å². The van der Waals surface area contributed by atoms with Gasteiger partial charge < -0.3 is 0 Å². The topological polar surface area (TPSA) is 37.4 Å². The van der Waals surface area contributed by atoms with E-state index in [0.717, 1.165) is 17.5 Å². The Morgan fingerprint density at radius 3 is 2.16 bits per heavy atom. The summed E-state index contributed by atoms with van der Waals surface area (Å²) in [6.07, 6.45) is 1.11. The zero-order valence-corrected chi connectivity index (χ0v) is 13.0. The summed E-state index contributed by atoms with van der Waals surface area (Å²) >= 11 is 0. The predicted molar refractivity (Wildman–Crippen MR) is 77.6 cm³/mol. The number of aryl methyl sites for hydroxylation is 2. The minimum Gasteiger partial charge on any atom is -0.207 e. The Balaban J connectivity index is 2.33. The van der Waals surface area contributed by atoms with E-state index in [-0.39, 0.29) is 0 Å². The van der Waals surface area contributed by atoms with Crippen molar-refractivity contribution in [1.29, 1.82) is 0 Å². The van der Waals surface area contributed by atoms with E-state index < -0.39 is 10.0 Å². The van der Waals surface area contributed by atoms with E-state index in [1.165, 1.54) is 0 Å². The molecular weight excluding hydrogens is 258 g/mol. The van der Waals surface area contributed by atoms with Crippen LogP contribution in [0.4, 0.5) is 0 Å². The fourth-order valence-electron chi connectivity index (χ4n) is 2.83. The molecule has 0 saturated carbocycles. The van der Waals surface area contributed by atoms with Crippen LogP contribution >= 0.6 is 0 Å². The minimum atomic E-state index is -3.33. The Labute approximate surface area is 116 Å². The minimum absolute atomic E-state index is 0.428. The van der Waals surface area contributed by atoms with E-state index in [0.29, 0.717) is 29.8 Å². The fourth-order valence-corrected chi connectivity index (χ4v) is 4.59. The van der Waals surface area contributed by atoms with E-state index in [1.54, 1.807) is 16.4 Å². The first-order chi connectivity index (χ1) is 8.80. The summed E-state index contributed by atoms with van der Waals surface area (Å²) in [4.78, 5) is 0.428. The Morgan fingerprint density at radius 1 is 1.05 bits per heavy atom. The van der Waals surface area contributed by atoms with Gasteiger partial charge >= 0.3 is 0 Å². The lowest BCUT2D eigenvalue weighted by molar-refractivity contribution is 0.222. The molecule has 0 radical (unpaired) electrons. The summed E-state index contributed by atoms with van der Waals surface area (Å²) in [6.45, 7) is 9.48. The van der Waals surface area contributed by atoms with Gasteiger partial charge in [0.2, 0.25) is 10.0 Å². The quantitative estimate of drug-likeness (QED) is 0.835. The third kappa shape index (κ3) is 3.00. The second-order valence-corrected chi connectivity index (χ2v) is 7.95. The molecule has 1 aromatic carbocycles. The highest BCUT2D eigenvalue weighted by molar-refractivity contribution is 7.89. The van der Waals surface area contributed by atoms with Gasteiger partial charge in [-0.05, 0) is 55.4 Å². The van der Waals surface area contributed by atoms with Crippen molar-refractivity contribution in [2.75, 3.05) is 13.1 Å². The SMILES string of the molecule is Cc1ccc(S(=O)(=O)N2C[C@@H](C)C[C@H](C)C2)cc1C. The molecule has 106 valence electrons. The van der Waals surface area contributed by atoms with E-state index >= 15 is 0 Å². The highest BCUT2D eigenvalue weighted by Crippen LogP contribution is 2.27. The van der Waals surface area contributed by atoms with Gasteiger partial charge in [0.1, 0.15) is 0 Å². The molecule has 0 aromatic heterocycles. The molecule has 1 heterocycles. The van der Waals surface area contributed by atoms with Crippen LogP contribution in [0.1, 0.15) is 31.4 Å². The van der Waals surface area contributed by atoms with Crippen LogP contribution in [-0.4, -0.2) is 25.8 Å². The normalized spacial score (nSPS) is 25.5.